The van der Waals surface area contributed by atoms with Crippen LogP contribution in [0.25, 0.3) is 11.4 Å². The first kappa shape index (κ1) is 21.6. The van der Waals surface area contributed by atoms with Gasteiger partial charge in [-0.1, -0.05) is 35.9 Å². The van der Waals surface area contributed by atoms with Crippen molar-refractivity contribution in [2.75, 3.05) is 0 Å². The van der Waals surface area contributed by atoms with E-state index in [0.29, 0.717) is 22.7 Å². The fourth-order valence-electron chi connectivity index (χ4n) is 3.10. The first-order chi connectivity index (χ1) is 14.3. The quantitative estimate of drug-likeness (QED) is 0.502. The predicted molar refractivity (Wildman–Crippen MR) is 112 cm³/mol. The van der Waals surface area contributed by atoms with Gasteiger partial charge in [-0.3, -0.25) is 14.5 Å². The van der Waals surface area contributed by atoms with Crippen LogP contribution in [0, 0.1) is 11.7 Å². The molecule has 0 aliphatic rings. The lowest BCUT2D eigenvalue weighted by atomic mass is 10.1. The van der Waals surface area contributed by atoms with E-state index in [-0.39, 0.29) is 24.1 Å². The maximum Gasteiger partial charge on any atom is 0.387 e. The van der Waals surface area contributed by atoms with E-state index in [9.17, 15) is 13.6 Å². The van der Waals surface area contributed by atoms with Crippen LogP contribution in [-0.4, -0.2) is 27.3 Å². The van der Waals surface area contributed by atoms with Crippen molar-refractivity contribution >= 4 is 18.1 Å². The van der Waals surface area contributed by atoms with Gasteiger partial charge in [0, 0.05) is 18.5 Å². The van der Waals surface area contributed by atoms with Crippen LogP contribution in [0.2, 0.25) is 0 Å². The number of aromatic amines is 1. The molecule has 0 bridgehead atoms. The van der Waals surface area contributed by atoms with Gasteiger partial charge in [0.15, 0.2) is 10.6 Å². The van der Waals surface area contributed by atoms with E-state index in [1.54, 1.807) is 23.6 Å². The zero-order chi connectivity index (χ0) is 21.7. The summed E-state index contributed by atoms with van der Waals surface area (Å²) in [5, 5.41) is 9.93. The van der Waals surface area contributed by atoms with Gasteiger partial charge >= 0.3 is 6.61 Å². The van der Waals surface area contributed by atoms with Crippen LogP contribution in [-0.2, 0) is 11.3 Å². The summed E-state index contributed by atoms with van der Waals surface area (Å²) >= 11 is 5.31. The monoisotopic (exact) mass is 432 g/mol. The third-order valence-corrected chi connectivity index (χ3v) is 4.87. The molecule has 3 aromatic rings. The molecule has 3 rings (SSSR count). The van der Waals surface area contributed by atoms with E-state index in [1.807, 2.05) is 31.2 Å². The average molecular weight is 432 g/mol. The van der Waals surface area contributed by atoms with Gasteiger partial charge in [-0.2, -0.15) is 13.9 Å². The molecule has 0 spiro atoms. The second-order valence-corrected chi connectivity index (χ2v) is 7.25. The Labute approximate surface area is 177 Å². The van der Waals surface area contributed by atoms with Gasteiger partial charge in [0.05, 0.1) is 6.04 Å². The molecule has 1 atom stereocenters. The Morgan fingerprint density at radius 2 is 2.03 bits per heavy atom. The summed E-state index contributed by atoms with van der Waals surface area (Å²) < 4.78 is 31.4. The molecule has 2 aromatic carbocycles. The number of carbonyl (C=O) groups is 1. The number of nitrogens with zero attached hydrogens (tertiary/aromatic N) is 2. The number of amides is 1. The molecular formula is C21H22F2N4O2S. The van der Waals surface area contributed by atoms with E-state index < -0.39 is 6.61 Å². The summed E-state index contributed by atoms with van der Waals surface area (Å²) in [5.41, 5.74) is 2.67. The van der Waals surface area contributed by atoms with Crippen LogP contribution >= 0.6 is 12.2 Å². The number of carbonyl (C=O) groups excluding carboxylic acids is 1. The molecule has 9 heteroatoms. The Kier molecular flexibility index (Phi) is 6.94. The summed E-state index contributed by atoms with van der Waals surface area (Å²) in [5.74, 6) is 0.526. The molecule has 0 saturated heterocycles. The minimum atomic E-state index is -2.90. The van der Waals surface area contributed by atoms with E-state index in [0.717, 1.165) is 11.1 Å². The van der Waals surface area contributed by atoms with Crippen molar-refractivity contribution in [3.8, 4) is 17.1 Å². The smallest absolute Gasteiger partial charge is 0.387 e. The second kappa shape index (κ2) is 9.62. The lowest BCUT2D eigenvalue weighted by molar-refractivity contribution is -0.122. The van der Waals surface area contributed by atoms with Crippen LogP contribution in [0.5, 0.6) is 5.75 Å². The minimum Gasteiger partial charge on any atom is -0.435 e. The summed E-state index contributed by atoms with van der Waals surface area (Å²) in [7, 11) is 0. The lowest BCUT2D eigenvalue weighted by Gasteiger charge is -2.16. The summed E-state index contributed by atoms with van der Waals surface area (Å²) in [6.07, 6.45) is 0.185. The van der Waals surface area contributed by atoms with E-state index in [1.165, 1.54) is 12.1 Å². The van der Waals surface area contributed by atoms with Gasteiger partial charge in [-0.15, -0.1) is 0 Å². The fraction of sp³-hybridized carbons (Fsp3) is 0.286. The molecule has 0 aliphatic heterocycles. The molecule has 30 heavy (non-hydrogen) atoms. The van der Waals surface area contributed by atoms with Gasteiger partial charge in [0.25, 0.3) is 0 Å². The number of hydrogen-bond acceptors (Lipinski definition) is 4. The number of rotatable bonds is 8. The molecule has 1 heterocycles. The number of aromatic nitrogens is 3. The highest BCUT2D eigenvalue weighted by atomic mass is 32.1. The highest BCUT2D eigenvalue weighted by molar-refractivity contribution is 7.71. The second-order valence-electron chi connectivity index (χ2n) is 6.86. The number of hydrogen-bond donors (Lipinski definition) is 2. The maximum atomic E-state index is 12.5. The van der Waals surface area contributed by atoms with Crippen molar-refractivity contribution in [3.05, 3.63) is 64.4 Å². The van der Waals surface area contributed by atoms with E-state index >= 15 is 0 Å². The number of aryl methyl sites for hydroxylation is 1. The molecule has 6 nitrogen and oxygen atoms in total. The molecule has 158 valence electrons. The fourth-order valence-corrected chi connectivity index (χ4v) is 3.32. The van der Waals surface area contributed by atoms with Gasteiger partial charge in [0.2, 0.25) is 5.91 Å². The molecule has 1 amide bonds. The molecular weight excluding hydrogens is 410 g/mol. The van der Waals surface area contributed by atoms with Crippen LogP contribution < -0.4 is 10.1 Å². The van der Waals surface area contributed by atoms with Gasteiger partial charge < -0.3 is 10.1 Å². The van der Waals surface area contributed by atoms with Crippen LogP contribution in [0.4, 0.5) is 8.78 Å². The highest BCUT2D eigenvalue weighted by Crippen LogP contribution is 2.21. The summed E-state index contributed by atoms with van der Waals surface area (Å²) in [6, 6.07) is 13.8. The third-order valence-electron chi connectivity index (χ3n) is 4.56. The zero-order valence-corrected chi connectivity index (χ0v) is 17.4. The number of ether oxygens (including phenoxy) is 1. The molecule has 1 aromatic heterocycles. The first-order valence-electron chi connectivity index (χ1n) is 9.40. The topological polar surface area (TPSA) is 71.9 Å². The minimum absolute atomic E-state index is 0.0519. The van der Waals surface area contributed by atoms with Crippen molar-refractivity contribution in [1.29, 1.82) is 0 Å². The SMILES string of the molecule is Cc1cccc(-c2n[nH]c(=S)n2CCC(=O)NC(C)c2cccc(OC(F)F)c2)c1. The Balaban J connectivity index is 1.64. The van der Waals surface area contributed by atoms with Crippen LogP contribution in [0.1, 0.15) is 30.5 Å². The number of halogens is 2. The number of alkyl halides is 2. The Bertz CT molecular complexity index is 1080. The predicted octanol–water partition coefficient (Wildman–Crippen LogP) is 4.79. The molecule has 0 fully saturated rings. The zero-order valence-electron chi connectivity index (χ0n) is 16.6. The van der Waals surface area contributed by atoms with Crippen molar-refractivity contribution < 1.29 is 18.3 Å². The Hall–Kier alpha value is -3.07. The molecule has 0 saturated carbocycles. The lowest BCUT2D eigenvalue weighted by Crippen LogP contribution is -2.27. The largest absolute Gasteiger partial charge is 0.435 e. The third kappa shape index (κ3) is 5.50. The Morgan fingerprint density at radius 3 is 2.77 bits per heavy atom. The van der Waals surface area contributed by atoms with Crippen molar-refractivity contribution in [2.45, 2.75) is 39.5 Å². The van der Waals surface area contributed by atoms with Crippen molar-refractivity contribution in [1.82, 2.24) is 20.1 Å². The van der Waals surface area contributed by atoms with Gasteiger partial charge in [0.1, 0.15) is 5.75 Å². The Morgan fingerprint density at radius 1 is 1.27 bits per heavy atom. The molecule has 2 N–H and O–H groups in total. The van der Waals surface area contributed by atoms with Gasteiger partial charge in [-0.25, -0.2) is 0 Å². The standard InChI is InChI=1S/C21H22F2N4O2S/c1-13-5-3-7-16(11-13)19-25-26-21(30)27(19)10-9-18(28)24-14(2)15-6-4-8-17(12-15)29-20(22)23/h3-8,11-12,14,20H,9-10H2,1-2H3,(H,24,28)(H,26,30). The van der Waals surface area contributed by atoms with Crippen LogP contribution in [0.15, 0.2) is 48.5 Å². The number of H-pyrrole nitrogens is 1. The normalized spacial score (nSPS) is 12.0. The van der Waals surface area contributed by atoms with Gasteiger partial charge in [-0.05, 0) is 49.8 Å². The molecule has 0 aliphatic carbocycles. The molecule has 0 radical (unpaired) electrons. The number of nitrogens with one attached hydrogen (secondary N) is 2. The van der Waals surface area contributed by atoms with Crippen molar-refractivity contribution in [3.63, 3.8) is 0 Å². The molecule has 1 unspecified atom stereocenters. The first-order valence-corrected chi connectivity index (χ1v) is 9.80. The maximum absolute atomic E-state index is 12.5. The van der Waals surface area contributed by atoms with E-state index in [2.05, 4.69) is 20.3 Å². The summed E-state index contributed by atoms with van der Waals surface area (Å²) in [6.45, 7) is 1.23. The number of benzene rings is 2. The van der Waals surface area contributed by atoms with Crippen LogP contribution in [0.3, 0.4) is 0 Å². The summed E-state index contributed by atoms with van der Waals surface area (Å²) in [4.78, 5) is 12.5. The van der Waals surface area contributed by atoms with E-state index in [4.69, 9.17) is 12.2 Å². The average Bonchev–Trinajstić information content (AvgIpc) is 3.06. The van der Waals surface area contributed by atoms with Crippen molar-refractivity contribution in [2.24, 2.45) is 0 Å². The highest BCUT2D eigenvalue weighted by Gasteiger charge is 2.14.